The van der Waals surface area contributed by atoms with Crippen LogP contribution in [-0.4, -0.2) is 17.7 Å². The number of nitrogens with zero attached hydrogens (tertiary/aromatic N) is 1. The Labute approximate surface area is 152 Å². The quantitative estimate of drug-likeness (QED) is 0.789. The number of rotatable bonds is 8. The molecular formula is C21H21FN2O2. The van der Waals surface area contributed by atoms with E-state index in [2.05, 4.69) is 4.99 Å². The number of carbonyl (C=O) groups is 1. The number of amides is 1. The molecule has 2 aromatic rings. The normalized spacial score (nSPS) is 18.2. The summed E-state index contributed by atoms with van der Waals surface area (Å²) in [7, 11) is 0. The van der Waals surface area contributed by atoms with Gasteiger partial charge in [-0.3, -0.25) is 9.79 Å². The van der Waals surface area contributed by atoms with Crippen molar-refractivity contribution in [2.45, 2.75) is 31.4 Å². The van der Waals surface area contributed by atoms with Gasteiger partial charge in [-0.05, 0) is 47.9 Å². The van der Waals surface area contributed by atoms with E-state index >= 15 is 0 Å². The third kappa shape index (κ3) is 4.79. The summed E-state index contributed by atoms with van der Waals surface area (Å²) < 4.78 is 18.9. The highest BCUT2D eigenvalue weighted by Gasteiger charge is 2.28. The summed E-state index contributed by atoms with van der Waals surface area (Å²) in [5.74, 6) is 0.128. The second-order valence-corrected chi connectivity index (χ2v) is 6.45. The van der Waals surface area contributed by atoms with Crippen LogP contribution in [0.3, 0.4) is 0 Å². The molecule has 0 aromatic heterocycles. The number of carbonyl (C=O) groups excluding carboxylic acids is 1. The molecule has 0 saturated heterocycles. The molecule has 1 heterocycles. The average Bonchev–Trinajstić information content (AvgIpc) is 3.08. The molecule has 0 fully saturated rings. The standard InChI is InChI=1S/C21H21FN2O2/c22-18-4-1-3-17(13-18)15-26-19-7-5-16(6-8-19)14-21(10-2-12-24-21)11-9-20(23)25/h1-8,10,12-13H,9,11,14-15H2,(H2,23,25). The predicted molar refractivity (Wildman–Crippen MR) is 99.7 cm³/mol. The Hall–Kier alpha value is -2.95. The average molecular weight is 352 g/mol. The van der Waals surface area contributed by atoms with Crippen molar-refractivity contribution in [2.24, 2.45) is 10.7 Å². The second kappa shape index (κ2) is 7.95. The molecular weight excluding hydrogens is 331 g/mol. The molecule has 0 spiro atoms. The van der Waals surface area contributed by atoms with Crippen LogP contribution >= 0.6 is 0 Å². The van der Waals surface area contributed by atoms with Crippen molar-refractivity contribution in [3.05, 3.63) is 77.6 Å². The molecule has 3 rings (SSSR count). The van der Waals surface area contributed by atoms with E-state index in [1.165, 1.54) is 12.1 Å². The minimum absolute atomic E-state index is 0.270. The number of benzene rings is 2. The van der Waals surface area contributed by atoms with Gasteiger partial charge in [-0.25, -0.2) is 4.39 Å². The lowest BCUT2D eigenvalue weighted by Crippen LogP contribution is -2.27. The molecule has 2 N–H and O–H groups in total. The van der Waals surface area contributed by atoms with Crippen LogP contribution in [0.5, 0.6) is 5.75 Å². The molecule has 1 atom stereocenters. The maximum absolute atomic E-state index is 13.2. The van der Waals surface area contributed by atoms with Gasteiger partial charge in [0, 0.05) is 19.1 Å². The summed E-state index contributed by atoms with van der Waals surface area (Å²) in [6.45, 7) is 0.312. The maximum Gasteiger partial charge on any atom is 0.217 e. The first kappa shape index (κ1) is 17.9. The number of ether oxygens (including phenoxy) is 1. The fourth-order valence-electron chi connectivity index (χ4n) is 2.99. The molecule has 0 saturated carbocycles. The van der Waals surface area contributed by atoms with Gasteiger partial charge in [-0.15, -0.1) is 0 Å². The summed E-state index contributed by atoms with van der Waals surface area (Å²) >= 11 is 0. The Bertz CT molecular complexity index is 816. The van der Waals surface area contributed by atoms with Crippen molar-refractivity contribution >= 4 is 12.1 Å². The zero-order valence-corrected chi connectivity index (χ0v) is 14.4. The smallest absolute Gasteiger partial charge is 0.217 e. The number of hydrogen-bond acceptors (Lipinski definition) is 3. The van der Waals surface area contributed by atoms with Gasteiger partial charge in [0.1, 0.15) is 18.2 Å². The van der Waals surface area contributed by atoms with Gasteiger partial charge < -0.3 is 10.5 Å². The van der Waals surface area contributed by atoms with E-state index in [4.69, 9.17) is 10.5 Å². The predicted octanol–water partition coefficient (Wildman–Crippen LogP) is 3.59. The number of hydrogen-bond donors (Lipinski definition) is 1. The first-order valence-corrected chi connectivity index (χ1v) is 8.52. The Morgan fingerprint density at radius 3 is 2.62 bits per heavy atom. The summed E-state index contributed by atoms with van der Waals surface area (Å²) in [5, 5.41) is 0. The molecule has 0 aliphatic carbocycles. The Morgan fingerprint density at radius 1 is 1.15 bits per heavy atom. The van der Waals surface area contributed by atoms with Crippen LogP contribution in [-0.2, 0) is 17.8 Å². The van der Waals surface area contributed by atoms with E-state index in [9.17, 15) is 9.18 Å². The van der Waals surface area contributed by atoms with Gasteiger partial charge in [0.15, 0.2) is 0 Å². The summed E-state index contributed by atoms with van der Waals surface area (Å²) in [6, 6.07) is 14.1. The van der Waals surface area contributed by atoms with Gasteiger partial charge >= 0.3 is 0 Å². The van der Waals surface area contributed by atoms with Gasteiger partial charge in [0.2, 0.25) is 5.91 Å². The lowest BCUT2D eigenvalue weighted by atomic mass is 9.87. The van der Waals surface area contributed by atoms with Crippen LogP contribution in [0.15, 0.2) is 65.7 Å². The summed E-state index contributed by atoms with van der Waals surface area (Å²) in [4.78, 5) is 15.6. The highest BCUT2D eigenvalue weighted by Crippen LogP contribution is 2.28. The molecule has 0 bridgehead atoms. The van der Waals surface area contributed by atoms with Gasteiger partial charge in [-0.2, -0.15) is 0 Å². The van der Waals surface area contributed by atoms with Crippen molar-refractivity contribution in [3.8, 4) is 5.75 Å². The molecule has 1 aliphatic rings. The highest BCUT2D eigenvalue weighted by molar-refractivity contribution is 5.76. The van der Waals surface area contributed by atoms with Crippen LogP contribution in [0.4, 0.5) is 4.39 Å². The molecule has 1 aliphatic heterocycles. The van der Waals surface area contributed by atoms with Crippen molar-refractivity contribution < 1.29 is 13.9 Å². The Balaban J connectivity index is 1.61. The van der Waals surface area contributed by atoms with Crippen LogP contribution in [0.25, 0.3) is 0 Å². The van der Waals surface area contributed by atoms with Gasteiger partial charge in [-0.1, -0.05) is 30.3 Å². The number of primary amides is 1. The fraction of sp³-hybridized carbons (Fsp3) is 0.238. The van der Waals surface area contributed by atoms with E-state index in [0.29, 0.717) is 25.9 Å². The van der Waals surface area contributed by atoms with Crippen molar-refractivity contribution in [1.82, 2.24) is 0 Å². The molecule has 2 aromatic carbocycles. The minimum Gasteiger partial charge on any atom is -0.489 e. The van der Waals surface area contributed by atoms with Crippen LogP contribution in [0, 0.1) is 5.82 Å². The highest BCUT2D eigenvalue weighted by atomic mass is 19.1. The Morgan fingerprint density at radius 2 is 1.96 bits per heavy atom. The third-order valence-electron chi connectivity index (χ3n) is 4.36. The SMILES string of the molecule is NC(=O)CCC1(Cc2ccc(OCc3cccc(F)c3)cc2)C=CC=N1. The fourth-order valence-corrected chi connectivity index (χ4v) is 2.99. The molecule has 4 nitrogen and oxygen atoms in total. The number of aliphatic imine (C=N–C) groups is 1. The molecule has 0 radical (unpaired) electrons. The lowest BCUT2D eigenvalue weighted by molar-refractivity contribution is -0.118. The summed E-state index contributed by atoms with van der Waals surface area (Å²) in [6.07, 6.45) is 7.26. The molecule has 26 heavy (non-hydrogen) atoms. The van der Waals surface area contributed by atoms with E-state index < -0.39 is 5.54 Å². The first-order valence-electron chi connectivity index (χ1n) is 8.52. The molecule has 1 amide bonds. The van der Waals surface area contributed by atoms with Gasteiger partial charge in [0.05, 0.1) is 5.54 Å². The number of halogens is 1. The largest absolute Gasteiger partial charge is 0.489 e. The van der Waals surface area contributed by atoms with E-state index in [1.54, 1.807) is 12.3 Å². The van der Waals surface area contributed by atoms with Crippen molar-refractivity contribution in [3.63, 3.8) is 0 Å². The molecule has 5 heteroatoms. The molecule has 1 unspecified atom stereocenters. The van der Waals surface area contributed by atoms with Gasteiger partial charge in [0.25, 0.3) is 0 Å². The zero-order chi connectivity index (χ0) is 18.4. The van der Waals surface area contributed by atoms with E-state index in [-0.39, 0.29) is 11.7 Å². The zero-order valence-electron chi connectivity index (χ0n) is 14.4. The van der Waals surface area contributed by atoms with Crippen molar-refractivity contribution in [2.75, 3.05) is 0 Å². The second-order valence-electron chi connectivity index (χ2n) is 6.45. The van der Waals surface area contributed by atoms with Crippen LogP contribution in [0.2, 0.25) is 0 Å². The topological polar surface area (TPSA) is 64.7 Å². The van der Waals surface area contributed by atoms with Crippen LogP contribution < -0.4 is 10.5 Å². The van der Waals surface area contributed by atoms with Crippen LogP contribution in [0.1, 0.15) is 24.0 Å². The van der Waals surface area contributed by atoms with E-state index in [1.807, 2.05) is 42.5 Å². The lowest BCUT2D eigenvalue weighted by Gasteiger charge is -2.24. The number of nitrogens with two attached hydrogens (primary N) is 1. The monoisotopic (exact) mass is 352 g/mol. The maximum atomic E-state index is 13.2. The third-order valence-corrected chi connectivity index (χ3v) is 4.36. The molecule has 134 valence electrons. The van der Waals surface area contributed by atoms with E-state index in [0.717, 1.165) is 16.9 Å². The summed E-state index contributed by atoms with van der Waals surface area (Å²) in [5.41, 5.74) is 6.75. The first-order chi connectivity index (χ1) is 12.5. The minimum atomic E-state index is -0.404. The Kier molecular flexibility index (Phi) is 5.46. The van der Waals surface area contributed by atoms with Crippen molar-refractivity contribution in [1.29, 1.82) is 0 Å². The number of allylic oxidation sites excluding steroid dienone is 1.